The lowest BCUT2D eigenvalue weighted by molar-refractivity contribution is 0.0784. The summed E-state index contributed by atoms with van der Waals surface area (Å²) in [6, 6.07) is 1.93. The van der Waals surface area contributed by atoms with Crippen molar-refractivity contribution in [3.63, 3.8) is 0 Å². The van der Waals surface area contributed by atoms with Crippen LogP contribution in [0.25, 0.3) is 0 Å². The van der Waals surface area contributed by atoms with Gasteiger partial charge in [0.25, 0.3) is 0 Å². The van der Waals surface area contributed by atoms with Crippen LogP contribution in [0.15, 0.2) is 18.5 Å². The summed E-state index contributed by atoms with van der Waals surface area (Å²) in [5, 5.41) is 17.1. The van der Waals surface area contributed by atoms with Crippen molar-refractivity contribution in [2.75, 3.05) is 26.4 Å². The Morgan fingerprint density at radius 1 is 0.938 bits per heavy atom. The van der Waals surface area contributed by atoms with Crippen molar-refractivity contribution >= 4 is 0 Å². The van der Waals surface area contributed by atoms with Crippen LogP contribution in [0.5, 0.6) is 0 Å². The quantitative estimate of drug-likeness (QED) is 0.616. The highest BCUT2D eigenvalue weighted by Gasteiger charge is 1.98. The summed E-state index contributed by atoms with van der Waals surface area (Å²) >= 11 is 0. The van der Waals surface area contributed by atoms with Gasteiger partial charge in [0.1, 0.15) is 0 Å². The molecule has 1 heterocycles. The summed E-state index contributed by atoms with van der Waals surface area (Å²) in [5.74, 6) is 0. The molecule has 1 rings (SSSR count). The standard InChI is InChI=1S/C11H17NO4/c13-1-3-15-8-10-5-11(7-12-6-10)9-16-4-2-14/h5-7,13-14H,1-4,8-9H2. The molecule has 1 aromatic rings. The van der Waals surface area contributed by atoms with E-state index >= 15 is 0 Å². The maximum absolute atomic E-state index is 8.56. The summed E-state index contributed by atoms with van der Waals surface area (Å²) in [6.07, 6.45) is 3.43. The number of pyridine rings is 1. The van der Waals surface area contributed by atoms with Crippen LogP contribution in [0.3, 0.4) is 0 Å². The molecule has 0 aromatic carbocycles. The van der Waals surface area contributed by atoms with E-state index in [4.69, 9.17) is 19.7 Å². The first-order valence-corrected chi connectivity index (χ1v) is 5.17. The van der Waals surface area contributed by atoms with Crippen LogP contribution < -0.4 is 0 Å². The van der Waals surface area contributed by atoms with Gasteiger partial charge in [-0.15, -0.1) is 0 Å². The third kappa shape index (κ3) is 5.18. The third-order valence-electron chi connectivity index (χ3n) is 1.86. The number of aromatic nitrogens is 1. The van der Waals surface area contributed by atoms with E-state index in [9.17, 15) is 0 Å². The molecule has 2 N–H and O–H groups in total. The van der Waals surface area contributed by atoms with Gasteiger partial charge in [-0.25, -0.2) is 0 Å². The fourth-order valence-electron chi connectivity index (χ4n) is 1.21. The highest BCUT2D eigenvalue weighted by molar-refractivity contribution is 5.16. The Kier molecular flexibility index (Phi) is 6.67. The molecular weight excluding hydrogens is 210 g/mol. The zero-order valence-electron chi connectivity index (χ0n) is 9.13. The van der Waals surface area contributed by atoms with Crippen LogP contribution in [-0.2, 0) is 22.7 Å². The van der Waals surface area contributed by atoms with E-state index in [1.165, 1.54) is 0 Å². The molecule has 0 unspecified atom stereocenters. The van der Waals surface area contributed by atoms with Crippen molar-refractivity contribution in [3.8, 4) is 0 Å². The second-order valence-electron chi connectivity index (χ2n) is 3.25. The lowest BCUT2D eigenvalue weighted by Gasteiger charge is -2.05. The molecule has 0 spiro atoms. The lowest BCUT2D eigenvalue weighted by atomic mass is 10.2. The van der Waals surface area contributed by atoms with Crippen LogP contribution >= 0.6 is 0 Å². The lowest BCUT2D eigenvalue weighted by Crippen LogP contribution is -2.02. The van der Waals surface area contributed by atoms with E-state index in [0.29, 0.717) is 26.4 Å². The number of hydrogen-bond donors (Lipinski definition) is 2. The fraction of sp³-hybridized carbons (Fsp3) is 0.545. The third-order valence-corrected chi connectivity index (χ3v) is 1.86. The van der Waals surface area contributed by atoms with Crippen LogP contribution in [0.4, 0.5) is 0 Å². The maximum Gasteiger partial charge on any atom is 0.0733 e. The van der Waals surface area contributed by atoms with E-state index in [1.54, 1.807) is 12.4 Å². The Labute approximate surface area is 94.7 Å². The van der Waals surface area contributed by atoms with Crippen LogP contribution in [0.1, 0.15) is 11.1 Å². The first-order valence-electron chi connectivity index (χ1n) is 5.17. The minimum absolute atomic E-state index is 0.0206. The summed E-state index contributed by atoms with van der Waals surface area (Å²) in [5.41, 5.74) is 1.89. The van der Waals surface area contributed by atoms with Crippen LogP contribution in [0.2, 0.25) is 0 Å². The van der Waals surface area contributed by atoms with Gasteiger partial charge in [-0.3, -0.25) is 4.98 Å². The molecule has 0 aliphatic rings. The molecule has 1 aromatic heterocycles. The molecule has 16 heavy (non-hydrogen) atoms. The Bertz CT molecular complexity index is 268. The highest BCUT2D eigenvalue weighted by atomic mass is 16.5. The van der Waals surface area contributed by atoms with E-state index in [2.05, 4.69) is 4.98 Å². The molecule has 0 amide bonds. The average molecular weight is 227 g/mol. The van der Waals surface area contributed by atoms with Crippen molar-refractivity contribution in [2.45, 2.75) is 13.2 Å². The minimum atomic E-state index is 0.0206. The van der Waals surface area contributed by atoms with Gasteiger partial charge in [-0.05, 0) is 17.2 Å². The number of ether oxygens (including phenoxy) is 2. The Morgan fingerprint density at radius 3 is 1.88 bits per heavy atom. The van der Waals surface area contributed by atoms with Gasteiger partial charge < -0.3 is 19.7 Å². The topological polar surface area (TPSA) is 71.8 Å². The SMILES string of the molecule is OCCOCc1cncc(COCCO)c1. The first-order chi connectivity index (χ1) is 7.86. The van der Waals surface area contributed by atoms with Gasteiger partial charge >= 0.3 is 0 Å². The molecule has 0 aliphatic heterocycles. The second-order valence-corrected chi connectivity index (χ2v) is 3.25. The van der Waals surface area contributed by atoms with Crippen molar-refractivity contribution < 1.29 is 19.7 Å². The monoisotopic (exact) mass is 227 g/mol. The number of aliphatic hydroxyl groups is 2. The average Bonchev–Trinajstić information content (AvgIpc) is 2.30. The van der Waals surface area contributed by atoms with E-state index in [-0.39, 0.29) is 13.2 Å². The largest absolute Gasteiger partial charge is 0.394 e. The molecule has 0 saturated carbocycles. The summed E-state index contributed by atoms with van der Waals surface area (Å²) in [4.78, 5) is 4.06. The van der Waals surface area contributed by atoms with Gasteiger partial charge in [-0.2, -0.15) is 0 Å². The summed E-state index contributed by atoms with van der Waals surface area (Å²) in [7, 11) is 0. The molecule has 0 saturated heterocycles. The van der Waals surface area contributed by atoms with Crippen molar-refractivity contribution in [2.24, 2.45) is 0 Å². The van der Waals surface area contributed by atoms with Crippen molar-refractivity contribution in [1.82, 2.24) is 4.98 Å². The molecule has 5 nitrogen and oxygen atoms in total. The Balaban J connectivity index is 2.37. The minimum Gasteiger partial charge on any atom is -0.394 e. The molecule has 0 bridgehead atoms. The molecule has 5 heteroatoms. The Hall–Kier alpha value is -1.01. The maximum atomic E-state index is 8.56. The predicted molar refractivity (Wildman–Crippen MR) is 57.7 cm³/mol. The number of aliphatic hydroxyl groups excluding tert-OH is 2. The van der Waals surface area contributed by atoms with Gasteiger partial charge in [0.2, 0.25) is 0 Å². The highest BCUT2D eigenvalue weighted by Crippen LogP contribution is 2.05. The molecule has 90 valence electrons. The molecule has 0 radical (unpaired) electrons. The summed E-state index contributed by atoms with van der Waals surface area (Å²) < 4.78 is 10.4. The normalized spacial score (nSPS) is 10.6. The fourth-order valence-corrected chi connectivity index (χ4v) is 1.21. The zero-order chi connectivity index (χ0) is 11.6. The molecular formula is C11H17NO4. The number of rotatable bonds is 8. The van der Waals surface area contributed by atoms with Gasteiger partial charge in [0, 0.05) is 12.4 Å². The predicted octanol–water partition coefficient (Wildman–Crippen LogP) is 0.0994. The van der Waals surface area contributed by atoms with Crippen LogP contribution in [-0.4, -0.2) is 41.6 Å². The molecule has 0 atom stereocenters. The Morgan fingerprint density at radius 2 is 1.44 bits per heavy atom. The first kappa shape index (κ1) is 13.1. The van der Waals surface area contributed by atoms with E-state index in [0.717, 1.165) is 11.1 Å². The van der Waals surface area contributed by atoms with Gasteiger partial charge in [0.05, 0.1) is 39.6 Å². The number of hydrogen-bond acceptors (Lipinski definition) is 5. The molecule has 0 fully saturated rings. The van der Waals surface area contributed by atoms with Gasteiger partial charge in [-0.1, -0.05) is 0 Å². The smallest absolute Gasteiger partial charge is 0.0733 e. The zero-order valence-corrected chi connectivity index (χ0v) is 9.13. The van der Waals surface area contributed by atoms with Crippen molar-refractivity contribution in [1.29, 1.82) is 0 Å². The molecule has 0 aliphatic carbocycles. The van der Waals surface area contributed by atoms with E-state index < -0.39 is 0 Å². The second kappa shape index (κ2) is 8.18. The number of nitrogens with zero attached hydrogens (tertiary/aromatic N) is 1. The van der Waals surface area contributed by atoms with Crippen LogP contribution in [0, 0.1) is 0 Å². The van der Waals surface area contributed by atoms with E-state index in [1.807, 2.05) is 6.07 Å². The summed E-state index contributed by atoms with van der Waals surface area (Å²) in [6.45, 7) is 1.55. The van der Waals surface area contributed by atoms with Gasteiger partial charge in [0.15, 0.2) is 0 Å². The van der Waals surface area contributed by atoms with Crippen molar-refractivity contribution in [3.05, 3.63) is 29.6 Å².